The maximum absolute atomic E-state index is 13.6. The van der Waals surface area contributed by atoms with Crippen molar-refractivity contribution in [2.75, 3.05) is 0 Å². The Morgan fingerprint density at radius 1 is 1.04 bits per heavy atom. The van der Waals surface area contributed by atoms with Crippen LogP contribution in [0.15, 0.2) is 66.9 Å². The Bertz CT molecular complexity index is 1070. The van der Waals surface area contributed by atoms with Gasteiger partial charge in [-0.05, 0) is 48.4 Å². The van der Waals surface area contributed by atoms with Crippen molar-refractivity contribution in [3.63, 3.8) is 0 Å². The molecule has 2 aromatic carbocycles. The summed E-state index contributed by atoms with van der Waals surface area (Å²) >= 11 is 6.17. The van der Waals surface area contributed by atoms with Gasteiger partial charge >= 0.3 is 0 Å². The predicted octanol–water partition coefficient (Wildman–Crippen LogP) is 5.69. The van der Waals surface area contributed by atoms with Gasteiger partial charge in [-0.2, -0.15) is 0 Å². The summed E-state index contributed by atoms with van der Waals surface area (Å²) in [6.45, 7) is 2.05. The van der Waals surface area contributed by atoms with Gasteiger partial charge in [-0.15, -0.1) is 0 Å². The van der Waals surface area contributed by atoms with E-state index < -0.39 is 0 Å². The molecule has 2 heterocycles. The van der Waals surface area contributed by atoms with Gasteiger partial charge in [0.25, 0.3) is 0 Å². The Kier molecular flexibility index (Phi) is 4.02. The molecule has 2 aromatic heterocycles. The van der Waals surface area contributed by atoms with E-state index >= 15 is 0 Å². The van der Waals surface area contributed by atoms with Crippen molar-refractivity contribution in [1.82, 2.24) is 9.38 Å². The summed E-state index contributed by atoms with van der Waals surface area (Å²) < 4.78 is 15.7. The number of imidazole rings is 1. The van der Waals surface area contributed by atoms with Gasteiger partial charge in [-0.1, -0.05) is 41.9 Å². The van der Waals surface area contributed by atoms with Crippen molar-refractivity contribution in [3.8, 4) is 11.3 Å². The highest BCUT2D eigenvalue weighted by molar-refractivity contribution is 6.30. The van der Waals surface area contributed by atoms with Crippen LogP contribution in [0.25, 0.3) is 16.9 Å². The Labute approximate surface area is 150 Å². The van der Waals surface area contributed by atoms with E-state index in [2.05, 4.69) is 10.6 Å². The van der Waals surface area contributed by atoms with Crippen molar-refractivity contribution in [3.05, 3.63) is 94.5 Å². The van der Waals surface area contributed by atoms with Gasteiger partial charge in [0.2, 0.25) is 0 Å². The molecule has 4 heteroatoms. The molecule has 0 amide bonds. The van der Waals surface area contributed by atoms with Crippen LogP contribution < -0.4 is 0 Å². The highest BCUT2D eigenvalue weighted by Gasteiger charge is 2.15. The molecule has 0 aliphatic carbocycles. The summed E-state index contributed by atoms with van der Waals surface area (Å²) in [6, 6.07) is 18.4. The van der Waals surface area contributed by atoms with Gasteiger partial charge in [0, 0.05) is 23.2 Å². The number of nitrogens with zero attached hydrogens (tertiary/aromatic N) is 2. The minimum atomic E-state index is -0.230. The predicted molar refractivity (Wildman–Crippen MR) is 99.6 cm³/mol. The minimum Gasteiger partial charge on any atom is -0.303 e. The molecular formula is C21H16ClFN2. The molecule has 124 valence electrons. The molecule has 2 nitrogen and oxygen atoms in total. The number of aryl methyl sites for hydroxylation is 1. The smallest absolute Gasteiger partial charge is 0.137 e. The molecule has 4 aromatic rings. The fraction of sp³-hybridized carbons (Fsp3) is 0.0952. The summed E-state index contributed by atoms with van der Waals surface area (Å²) in [6.07, 6.45) is 2.65. The van der Waals surface area contributed by atoms with Crippen molar-refractivity contribution >= 4 is 17.2 Å². The van der Waals surface area contributed by atoms with Crippen LogP contribution in [0.3, 0.4) is 0 Å². The lowest BCUT2D eigenvalue weighted by Crippen LogP contribution is -1.97. The number of pyridine rings is 1. The van der Waals surface area contributed by atoms with E-state index in [9.17, 15) is 4.39 Å². The molecule has 0 spiro atoms. The van der Waals surface area contributed by atoms with Gasteiger partial charge in [0.05, 0.1) is 11.4 Å². The summed E-state index contributed by atoms with van der Waals surface area (Å²) in [5.74, 6) is -0.230. The molecular weight excluding hydrogens is 335 g/mol. The lowest BCUT2D eigenvalue weighted by molar-refractivity contribution is 0.626. The molecule has 0 atom stereocenters. The standard InChI is InChI=1S/C21H16ClFN2/c1-14-8-9-20-24-21(16-5-3-6-17(22)12-16)19(25(20)13-14)11-15-4-2-7-18(23)10-15/h2-10,12-13H,11H2,1H3. The number of aromatic nitrogens is 2. The highest BCUT2D eigenvalue weighted by Crippen LogP contribution is 2.28. The van der Waals surface area contributed by atoms with E-state index in [0.717, 1.165) is 33.7 Å². The van der Waals surface area contributed by atoms with Crippen LogP contribution in [-0.4, -0.2) is 9.38 Å². The molecule has 0 aliphatic rings. The van der Waals surface area contributed by atoms with E-state index in [1.165, 1.54) is 6.07 Å². The van der Waals surface area contributed by atoms with Gasteiger partial charge in [0.1, 0.15) is 11.5 Å². The Morgan fingerprint density at radius 2 is 1.88 bits per heavy atom. The lowest BCUT2D eigenvalue weighted by atomic mass is 10.0. The maximum atomic E-state index is 13.6. The van der Waals surface area contributed by atoms with E-state index in [-0.39, 0.29) is 5.82 Å². The first-order valence-corrected chi connectivity index (χ1v) is 8.46. The van der Waals surface area contributed by atoms with E-state index in [4.69, 9.17) is 16.6 Å². The van der Waals surface area contributed by atoms with Gasteiger partial charge in [-0.3, -0.25) is 0 Å². The maximum Gasteiger partial charge on any atom is 0.137 e. The minimum absolute atomic E-state index is 0.230. The van der Waals surface area contributed by atoms with Crippen LogP contribution in [0.1, 0.15) is 16.8 Å². The average molecular weight is 351 g/mol. The summed E-state index contributed by atoms with van der Waals surface area (Å²) in [5.41, 5.74) is 5.77. The molecule has 0 saturated heterocycles. The summed E-state index contributed by atoms with van der Waals surface area (Å²) in [7, 11) is 0. The number of hydrogen-bond donors (Lipinski definition) is 0. The van der Waals surface area contributed by atoms with Gasteiger partial charge < -0.3 is 4.40 Å². The second kappa shape index (κ2) is 6.34. The molecule has 0 aliphatic heterocycles. The number of halogens is 2. The quantitative estimate of drug-likeness (QED) is 0.463. The number of fused-ring (bicyclic) bond motifs is 1. The van der Waals surface area contributed by atoms with Crippen molar-refractivity contribution in [2.24, 2.45) is 0 Å². The first kappa shape index (κ1) is 15.9. The monoisotopic (exact) mass is 350 g/mol. The van der Waals surface area contributed by atoms with Crippen molar-refractivity contribution < 1.29 is 4.39 Å². The molecule has 0 radical (unpaired) electrons. The second-order valence-electron chi connectivity index (χ2n) is 6.16. The Morgan fingerprint density at radius 3 is 2.68 bits per heavy atom. The second-order valence-corrected chi connectivity index (χ2v) is 6.60. The third-order valence-electron chi connectivity index (χ3n) is 4.22. The van der Waals surface area contributed by atoms with Crippen LogP contribution in [0.2, 0.25) is 5.02 Å². The zero-order chi connectivity index (χ0) is 17.4. The number of rotatable bonds is 3. The van der Waals surface area contributed by atoms with Gasteiger partial charge in [0.15, 0.2) is 0 Å². The third-order valence-corrected chi connectivity index (χ3v) is 4.46. The largest absolute Gasteiger partial charge is 0.303 e. The van der Waals surface area contributed by atoms with E-state index in [1.54, 1.807) is 12.1 Å². The van der Waals surface area contributed by atoms with Crippen LogP contribution in [0.5, 0.6) is 0 Å². The third kappa shape index (κ3) is 3.15. The number of benzene rings is 2. The summed E-state index contributed by atoms with van der Waals surface area (Å²) in [5, 5.41) is 0.669. The summed E-state index contributed by atoms with van der Waals surface area (Å²) in [4.78, 5) is 4.79. The average Bonchev–Trinajstić information content (AvgIpc) is 2.93. The normalized spacial score (nSPS) is 11.2. The number of hydrogen-bond acceptors (Lipinski definition) is 1. The lowest BCUT2D eigenvalue weighted by Gasteiger charge is -2.07. The molecule has 0 N–H and O–H groups in total. The SMILES string of the molecule is Cc1ccc2nc(-c3cccc(Cl)c3)c(Cc3cccc(F)c3)n2c1. The van der Waals surface area contributed by atoms with E-state index in [0.29, 0.717) is 11.4 Å². The van der Waals surface area contributed by atoms with Gasteiger partial charge in [-0.25, -0.2) is 9.37 Å². The Balaban J connectivity index is 1.92. The van der Waals surface area contributed by atoms with Crippen LogP contribution in [-0.2, 0) is 6.42 Å². The molecule has 0 saturated carbocycles. The van der Waals surface area contributed by atoms with Crippen molar-refractivity contribution in [1.29, 1.82) is 0 Å². The molecule has 25 heavy (non-hydrogen) atoms. The van der Waals surface area contributed by atoms with E-state index in [1.807, 2.05) is 49.4 Å². The first-order chi connectivity index (χ1) is 12.1. The topological polar surface area (TPSA) is 17.3 Å². The molecule has 4 rings (SSSR count). The van der Waals surface area contributed by atoms with Crippen LogP contribution >= 0.6 is 11.6 Å². The molecule has 0 bridgehead atoms. The van der Waals surface area contributed by atoms with Crippen molar-refractivity contribution in [2.45, 2.75) is 13.3 Å². The Hall–Kier alpha value is -2.65. The zero-order valence-electron chi connectivity index (χ0n) is 13.7. The molecule has 0 fully saturated rings. The van der Waals surface area contributed by atoms with Crippen LogP contribution in [0.4, 0.5) is 4.39 Å². The zero-order valence-corrected chi connectivity index (χ0v) is 14.5. The molecule has 0 unspecified atom stereocenters. The van der Waals surface area contributed by atoms with Crippen LogP contribution in [0, 0.1) is 12.7 Å². The fourth-order valence-corrected chi connectivity index (χ4v) is 3.27. The first-order valence-electron chi connectivity index (χ1n) is 8.08. The fourth-order valence-electron chi connectivity index (χ4n) is 3.08. The highest BCUT2D eigenvalue weighted by atomic mass is 35.5.